The molecule has 0 spiro atoms. The number of fused-ring (bicyclic) bond motifs is 1. The average molecular weight is 380 g/mol. The van der Waals surface area contributed by atoms with Crippen LogP contribution in [0.5, 0.6) is 5.75 Å². The van der Waals surface area contributed by atoms with Gasteiger partial charge in [-0.1, -0.05) is 12.1 Å². The first kappa shape index (κ1) is 13.4. The number of benzene rings is 1. The zero-order valence-corrected chi connectivity index (χ0v) is 12.8. The van der Waals surface area contributed by atoms with E-state index in [0.29, 0.717) is 6.61 Å². The highest BCUT2D eigenvalue weighted by Crippen LogP contribution is 2.24. The van der Waals surface area contributed by atoms with Gasteiger partial charge in [-0.3, -0.25) is 0 Å². The lowest BCUT2D eigenvalue weighted by atomic mass is 10.1. The van der Waals surface area contributed by atoms with Crippen molar-refractivity contribution < 1.29 is 9.84 Å². The second-order valence-corrected chi connectivity index (χ2v) is 5.58. The van der Waals surface area contributed by atoms with Crippen LogP contribution in [-0.4, -0.2) is 27.7 Å². The summed E-state index contributed by atoms with van der Waals surface area (Å²) in [6, 6.07) is 11.8. The molecule has 0 unspecified atom stereocenters. The van der Waals surface area contributed by atoms with Gasteiger partial charge in [-0.05, 0) is 46.9 Å². The minimum Gasteiger partial charge on any atom is -0.491 e. The maximum absolute atomic E-state index is 8.79. The lowest BCUT2D eigenvalue weighted by Gasteiger charge is -2.05. The van der Waals surface area contributed by atoms with Crippen molar-refractivity contribution in [2.45, 2.75) is 0 Å². The van der Waals surface area contributed by atoms with Gasteiger partial charge in [0.2, 0.25) is 0 Å². The van der Waals surface area contributed by atoms with Gasteiger partial charge in [-0.15, -0.1) is 0 Å². The monoisotopic (exact) mass is 380 g/mol. The number of hydrogen-bond acceptors (Lipinski definition) is 3. The minimum atomic E-state index is 0.0109. The van der Waals surface area contributed by atoms with Crippen molar-refractivity contribution in [3.8, 4) is 17.0 Å². The third-order valence-electron chi connectivity index (χ3n) is 2.90. The van der Waals surface area contributed by atoms with Crippen molar-refractivity contribution >= 4 is 28.2 Å². The first-order chi connectivity index (χ1) is 9.76. The van der Waals surface area contributed by atoms with Gasteiger partial charge >= 0.3 is 0 Å². The topological polar surface area (TPSA) is 46.8 Å². The van der Waals surface area contributed by atoms with Crippen molar-refractivity contribution in [2.75, 3.05) is 13.2 Å². The van der Waals surface area contributed by atoms with Crippen LogP contribution in [-0.2, 0) is 0 Å². The highest BCUT2D eigenvalue weighted by atomic mass is 127. The van der Waals surface area contributed by atoms with Crippen molar-refractivity contribution in [3.63, 3.8) is 0 Å². The molecule has 3 aromatic rings. The lowest BCUT2D eigenvalue weighted by Crippen LogP contribution is -2.01. The smallest absolute Gasteiger partial charge is 0.137 e. The summed E-state index contributed by atoms with van der Waals surface area (Å²) in [7, 11) is 0. The van der Waals surface area contributed by atoms with E-state index in [1.165, 1.54) is 3.57 Å². The quantitative estimate of drug-likeness (QED) is 0.708. The van der Waals surface area contributed by atoms with Crippen LogP contribution in [0, 0.1) is 3.57 Å². The summed E-state index contributed by atoms with van der Waals surface area (Å²) in [4.78, 5) is 4.60. The van der Waals surface area contributed by atoms with Crippen LogP contribution in [0.2, 0.25) is 0 Å². The molecule has 0 amide bonds. The fourth-order valence-corrected chi connectivity index (χ4v) is 2.49. The maximum Gasteiger partial charge on any atom is 0.137 e. The number of hydrogen-bond donors (Lipinski definition) is 1. The van der Waals surface area contributed by atoms with Crippen LogP contribution in [0.15, 0.2) is 48.8 Å². The molecule has 3 rings (SSSR count). The molecule has 0 fully saturated rings. The number of rotatable bonds is 4. The van der Waals surface area contributed by atoms with Gasteiger partial charge in [0.05, 0.1) is 12.3 Å². The van der Waals surface area contributed by atoms with E-state index in [2.05, 4.69) is 27.6 Å². The van der Waals surface area contributed by atoms with Gasteiger partial charge in [-0.2, -0.15) is 0 Å². The Balaban J connectivity index is 1.97. The first-order valence-corrected chi connectivity index (χ1v) is 7.32. The van der Waals surface area contributed by atoms with Crippen molar-refractivity contribution in [1.29, 1.82) is 0 Å². The maximum atomic E-state index is 8.79. The Bertz CT molecular complexity index is 740. The Morgan fingerprint density at radius 1 is 1.20 bits per heavy atom. The molecule has 4 nitrogen and oxygen atoms in total. The molecule has 0 aliphatic carbocycles. The zero-order valence-electron chi connectivity index (χ0n) is 10.7. The fraction of sp³-hybridized carbons (Fsp3) is 0.133. The van der Waals surface area contributed by atoms with Crippen LogP contribution in [0.4, 0.5) is 0 Å². The molecule has 102 valence electrons. The van der Waals surface area contributed by atoms with Crippen molar-refractivity contribution in [2.24, 2.45) is 0 Å². The summed E-state index contributed by atoms with van der Waals surface area (Å²) in [5.41, 5.74) is 2.82. The standard InChI is InChI=1S/C15H13IN2O2/c16-12-4-5-15-17-14(10-18(15)9-12)11-2-1-3-13(8-11)20-7-6-19/h1-5,8-10,19H,6-7H2. The van der Waals surface area contributed by atoms with Crippen LogP contribution < -0.4 is 4.74 Å². The molecule has 1 N–H and O–H groups in total. The summed E-state index contributed by atoms with van der Waals surface area (Å²) in [6.07, 6.45) is 4.04. The van der Waals surface area contributed by atoms with E-state index < -0.39 is 0 Å². The number of nitrogens with zero attached hydrogens (tertiary/aromatic N) is 2. The first-order valence-electron chi connectivity index (χ1n) is 6.24. The molecule has 1 aromatic carbocycles. The number of imidazole rings is 1. The van der Waals surface area contributed by atoms with Crippen LogP contribution in [0.1, 0.15) is 0 Å². The van der Waals surface area contributed by atoms with Crippen molar-refractivity contribution in [3.05, 3.63) is 52.4 Å². The minimum absolute atomic E-state index is 0.0109. The van der Waals surface area contributed by atoms with Gasteiger partial charge < -0.3 is 14.2 Å². The van der Waals surface area contributed by atoms with Gasteiger partial charge in [0.15, 0.2) is 0 Å². The zero-order chi connectivity index (χ0) is 13.9. The molecule has 0 atom stereocenters. The Hall–Kier alpha value is -1.60. The largest absolute Gasteiger partial charge is 0.491 e. The molecular formula is C15H13IN2O2. The summed E-state index contributed by atoms with van der Waals surface area (Å²) >= 11 is 2.28. The molecule has 0 bridgehead atoms. The Labute approximate surface area is 130 Å². The number of halogens is 1. The van der Waals surface area contributed by atoms with E-state index in [-0.39, 0.29) is 6.61 Å². The van der Waals surface area contributed by atoms with E-state index in [9.17, 15) is 0 Å². The molecule has 0 aliphatic heterocycles. The molecule has 2 heterocycles. The van der Waals surface area contributed by atoms with Crippen molar-refractivity contribution in [1.82, 2.24) is 9.38 Å². The van der Waals surface area contributed by atoms with Gasteiger partial charge in [0, 0.05) is 21.5 Å². The molecular weight excluding hydrogens is 367 g/mol. The van der Waals surface area contributed by atoms with Crippen LogP contribution in [0.25, 0.3) is 16.9 Å². The van der Waals surface area contributed by atoms with Gasteiger partial charge in [-0.25, -0.2) is 4.98 Å². The predicted molar refractivity (Wildman–Crippen MR) is 85.9 cm³/mol. The Morgan fingerprint density at radius 2 is 2.10 bits per heavy atom. The second-order valence-electron chi connectivity index (χ2n) is 4.34. The molecule has 0 radical (unpaired) electrons. The van der Waals surface area contributed by atoms with E-state index >= 15 is 0 Å². The highest BCUT2D eigenvalue weighted by Gasteiger charge is 2.05. The molecule has 20 heavy (non-hydrogen) atoms. The highest BCUT2D eigenvalue weighted by molar-refractivity contribution is 14.1. The summed E-state index contributed by atoms with van der Waals surface area (Å²) in [6.45, 7) is 0.309. The summed E-state index contributed by atoms with van der Waals surface area (Å²) in [5.74, 6) is 0.739. The second kappa shape index (κ2) is 5.80. The number of ether oxygens (including phenoxy) is 1. The fourth-order valence-electron chi connectivity index (χ4n) is 2.01. The van der Waals surface area contributed by atoms with Gasteiger partial charge in [0.1, 0.15) is 18.0 Å². The molecule has 0 saturated carbocycles. The third kappa shape index (κ3) is 2.78. The normalized spacial score (nSPS) is 10.9. The third-order valence-corrected chi connectivity index (χ3v) is 3.54. The van der Waals surface area contributed by atoms with E-state index in [4.69, 9.17) is 9.84 Å². The average Bonchev–Trinajstić information content (AvgIpc) is 2.88. The number of aliphatic hydroxyl groups excluding tert-OH is 1. The number of aromatic nitrogens is 2. The summed E-state index contributed by atoms with van der Waals surface area (Å²) < 4.78 is 8.60. The lowest BCUT2D eigenvalue weighted by molar-refractivity contribution is 0.201. The Morgan fingerprint density at radius 3 is 2.95 bits per heavy atom. The van der Waals surface area contributed by atoms with Crippen LogP contribution in [0.3, 0.4) is 0 Å². The van der Waals surface area contributed by atoms with E-state index in [0.717, 1.165) is 22.7 Å². The van der Waals surface area contributed by atoms with E-state index in [1.807, 2.05) is 53.2 Å². The van der Waals surface area contributed by atoms with Gasteiger partial charge in [0.25, 0.3) is 0 Å². The molecule has 5 heteroatoms. The SMILES string of the molecule is OCCOc1cccc(-c2cn3cc(I)ccc3n2)c1. The molecule has 0 aliphatic rings. The Kier molecular flexibility index (Phi) is 3.88. The van der Waals surface area contributed by atoms with E-state index in [1.54, 1.807) is 0 Å². The predicted octanol–water partition coefficient (Wildman–Crippen LogP) is 2.98. The molecule has 0 saturated heterocycles. The number of pyridine rings is 1. The molecule has 2 aromatic heterocycles. The summed E-state index contributed by atoms with van der Waals surface area (Å²) in [5, 5.41) is 8.79. The van der Waals surface area contributed by atoms with Crippen LogP contribution >= 0.6 is 22.6 Å². The number of aliphatic hydroxyl groups is 1.